The largest absolute Gasteiger partial charge is 0.300 e. The minimum absolute atomic E-state index is 0.167. The lowest BCUT2D eigenvalue weighted by Gasteiger charge is -2.24. The summed E-state index contributed by atoms with van der Waals surface area (Å²) in [6, 6.07) is 0. The van der Waals surface area contributed by atoms with E-state index in [9.17, 15) is 4.79 Å². The van der Waals surface area contributed by atoms with Crippen LogP contribution < -0.4 is 0 Å². The summed E-state index contributed by atoms with van der Waals surface area (Å²) in [5, 5.41) is 4.82. The molecule has 0 aliphatic heterocycles. The van der Waals surface area contributed by atoms with Crippen molar-refractivity contribution in [1.82, 2.24) is 9.78 Å². The molecule has 1 aromatic heterocycles. The van der Waals surface area contributed by atoms with Crippen LogP contribution in [0.4, 0.5) is 0 Å². The first-order valence-corrected chi connectivity index (χ1v) is 5.47. The molecule has 15 heavy (non-hydrogen) atoms. The van der Waals surface area contributed by atoms with Crippen molar-refractivity contribution in [2.75, 3.05) is 0 Å². The van der Waals surface area contributed by atoms with E-state index in [0.29, 0.717) is 11.4 Å². The molecular weight excluding hydrogens is 212 g/mol. The van der Waals surface area contributed by atoms with Crippen molar-refractivity contribution in [3.8, 4) is 0 Å². The fourth-order valence-corrected chi connectivity index (χ4v) is 2.38. The van der Waals surface area contributed by atoms with Crippen LogP contribution in [0.3, 0.4) is 0 Å². The molecule has 1 aromatic rings. The van der Waals surface area contributed by atoms with E-state index in [4.69, 9.17) is 11.6 Å². The van der Waals surface area contributed by atoms with Crippen LogP contribution in [0.15, 0.2) is 6.20 Å². The Bertz CT molecular complexity index is 369. The van der Waals surface area contributed by atoms with E-state index < -0.39 is 0 Å². The van der Waals surface area contributed by atoms with Crippen molar-refractivity contribution in [3.05, 3.63) is 16.9 Å². The van der Waals surface area contributed by atoms with Crippen LogP contribution in [0, 0.1) is 0 Å². The zero-order valence-electron chi connectivity index (χ0n) is 9.67. The lowest BCUT2D eigenvalue weighted by atomic mass is 9.84. The van der Waals surface area contributed by atoms with Crippen LogP contribution in [0.2, 0.25) is 5.02 Å². The maximum atomic E-state index is 11.2. The summed E-state index contributed by atoms with van der Waals surface area (Å²) in [4.78, 5) is 11.2. The number of halogens is 1. The molecule has 0 N–H and O–H groups in total. The fraction of sp³-hybridized carbons (Fsp3) is 0.636. The Morgan fingerprint density at radius 3 is 2.67 bits per heavy atom. The summed E-state index contributed by atoms with van der Waals surface area (Å²) in [5.74, 6) is 0.167. The van der Waals surface area contributed by atoms with E-state index in [1.54, 1.807) is 13.1 Å². The molecule has 0 amide bonds. The molecule has 0 bridgehead atoms. The molecule has 0 saturated carbocycles. The second-order valence-electron chi connectivity index (χ2n) is 4.42. The molecule has 0 atom stereocenters. The Hall–Kier alpha value is -0.830. The smallest absolute Gasteiger partial charge is 0.130 e. The fourth-order valence-electron chi connectivity index (χ4n) is 1.98. The van der Waals surface area contributed by atoms with Crippen LogP contribution in [0.5, 0.6) is 0 Å². The number of nitrogens with zero attached hydrogens (tertiary/aromatic N) is 2. The Morgan fingerprint density at radius 1 is 1.60 bits per heavy atom. The van der Waals surface area contributed by atoms with Gasteiger partial charge >= 0.3 is 0 Å². The highest BCUT2D eigenvalue weighted by atomic mass is 35.5. The number of hydrogen-bond donors (Lipinski definition) is 0. The number of aryl methyl sites for hydroxylation is 1. The zero-order chi connectivity index (χ0) is 11.6. The summed E-state index contributed by atoms with van der Waals surface area (Å²) >= 11 is 6.10. The Balaban J connectivity index is 3.12. The molecule has 0 aliphatic carbocycles. The van der Waals surface area contributed by atoms with Gasteiger partial charge in [-0.15, -0.1) is 0 Å². The van der Waals surface area contributed by atoms with Gasteiger partial charge in [0.15, 0.2) is 0 Å². The number of carbonyl (C=O) groups excluding carboxylic acids is 1. The maximum Gasteiger partial charge on any atom is 0.130 e. The number of carbonyl (C=O) groups is 1. The van der Waals surface area contributed by atoms with Gasteiger partial charge in [0.1, 0.15) is 5.78 Å². The molecule has 0 fully saturated rings. The molecule has 0 unspecified atom stereocenters. The molecule has 4 heteroatoms. The van der Waals surface area contributed by atoms with Crippen LogP contribution in [-0.2, 0) is 16.8 Å². The van der Waals surface area contributed by atoms with Gasteiger partial charge in [-0.25, -0.2) is 0 Å². The van der Waals surface area contributed by atoms with Crippen LogP contribution in [-0.4, -0.2) is 15.6 Å². The minimum Gasteiger partial charge on any atom is -0.300 e. The van der Waals surface area contributed by atoms with E-state index in [1.807, 2.05) is 25.5 Å². The molecule has 0 aromatic carbocycles. The van der Waals surface area contributed by atoms with Crippen LogP contribution in [0.25, 0.3) is 0 Å². The lowest BCUT2D eigenvalue weighted by molar-refractivity contribution is -0.118. The third-order valence-corrected chi connectivity index (χ3v) is 2.70. The van der Waals surface area contributed by atoms with Gasteiger partial charge < -0.3 is 0 Å². The third-order valence-electron chi connectivity index (χ3n) is 2.43. The van der Waals surface area contributed by atoms with Crippen molar-refractivity contribution in [2.45, 2.75) is 46.1 Å². The van der Waals surface area contributed by atoms with Gasteiger partial charge in [-0.3, -0.25) is 9.48 Å². The van der Waals surface area contributed by atoms with Gasteiger partial charge in [-0.1, -0.05) is 25.4 Å². The van der Waals surface area contributed by atoms with Crippen molar-refractivity contribution in [2.24, 2.45) is 0 Å². The van der Waals surface area contributed by atoms with E-state index in [1.165, 1.54) is 0 Å². The standard InChI is InChI=1S/C11H17ClN2O/c1-5-14-10(9(12)7-13-14)11(3,4)6-8(2)15/h7H,5-6H2,1-4H3. The topological polar surface area (TPSA) is 34.9 Å². The first-order chi connectivity index (χ1) is 6.88. The lowest BCUT2D eigenvalue weighted by Crippen LogP contribution is -2.25. The molecule has 84 valence electrons. The summed E-state index contributed by atoms with van der Waals surface area (Å²) in [6.07, 6.45) is 2.13. The Kier molecular flexibility index (Phi) is 3.55. The Morgan fingerprint density at radius 2 is 2.20 bits per heavy atom. The second kappa shape index (κ2) is 4.35. The highest BCUT2D eigenvalue weighted by Crippen LogP contribution is 2.32. The summed E-state index contributed by atoms with van der Waals surface area (Å²) in [7, 11) is 0. The second-order valence-corrected chi connectivity index (χ2v) is 4.83. The monoisotopic (exact) mass is 228 g/mol. The van der Waals surface area contributed by atoms with E-state index in [0.717, 1.165) is 12.2 Å². The molecule has 0 radical (unpaired) electrons. The van der Waals surface area contributed by atoms with Crippen molar-refractivity contribution >= 4 is 17.4 Å². The molecular formula is C11H17ClN2O. The highest BCUT2D eigenvalue weighted by molar-refractivity contribution is 6.31. The number of rotatable bonds is 4. The summed E-state index contributed by atoms with van der Waals surface area (Å²) < 4.78 is 1.85. The molecule has 3 nitrogen and oxygen atoms in total. The third kappa shape index (κ3) is 2.59. The van der Waals surface area contributed by atoms with Crippen molar-refractivity contribution in [1.29, 1.82) is 0 Å². The number of ketones is 1. The van der Waals surface area contributed by atoms with Gasteiger partial charge in [0.05, 0.1) is 16.9 Å². The van der Waals surface area contributed by atoms with Crippen molar-refractivity contribution < 1.29 is 4.79 Å². The average Bonchev–Trinajstić information content (AvgIpc) is 2.44. The van der Waals surface area contributed by atoms with Gasteiger partial charge in [0, 0.05) is 18.4 Å². The van der Waals surface area contributed by atoms with E-state index in [-0.39, 0.29) is 11.2 Å². The van der Waals surface area contributed by atoms with Gasteiger partial charge in [0.2, 0.25) is 0 Å². The van der Waals surface area contributed by atoms with Gasteiger partial charge in [-0.2, -0.15) is 5.10 Å². The van der Waals surface area contributed by atoms with Crippen LogP contribution >= 0.6 is 11.6 Å². The first kappa shape index (κ1) is 12.2. The quantitative estimate of drug-likeness (QED) is 0.794. The molecule has 1 heterocycles. The number of aromatic nitrogens is 2. The van der Waals surface area contributed by atoms with Crippen molar-refractivity contribution in [3.63, 3.8) is 0 Å². The first-order valence-electron chi connectivity index (χ1n) is 5.09. The molecule has 0 saturated heterocycles. The Labute approximate surface area is 95.4 Å². The predicted octanol–water partition coefficient (Wildman–Crippen LogP) is 2.81. The summed E-state index contributed by atoms with van der Waals surface area (Å²) in [6.45, 7) is 8.41. The molecule has 0 aliphatic rings. The number of Topliss-reactive ketones (excluding diaryl/α,β-unsaturated/α-hetero) is 1. The number of hydrogen-bond acceptors (Lipinski definition) is 2. The molecule has 1 rings (SSSR count). The van der Waals surface area contributed by atoms with E-state index in [2.05, 4.69) is 5.10 Å². The normalized spacial score (nSPS) is 11.8. The van der Waals surface area contributed by atoms with E-state index >= 15 is 0 Å². The summed E-state index contributed by atoms with van der Waals surface area (Å²) in [5.41, 5.74) is 0.692. The van der Waals surface area contributed by atoms with Gasteiger partial charge in [0.25, 0.3) is 0 Å². The zero-order valence-corrected chi connectivity index (χ0v) is 10.4. The molecule has 0 spiro atoms. The highest BCUT2D eigenvalue weighted by Gasteiger charge is 2.28. The van der Waals surface area contributed by atoms with Gasteiger partial charge in [-0.05, 0) is 13.8 Å². The minimum atomic E-state index is -0.255. The predicted molar refractivity (Wildman–Crippen MR) is 61.2 cm³/mol. The van der Waals surface area contributed by atoms with Crippen LogP contribution in [0.1, 0.15) is 39.8 Å². The SMILES string of the molecule is CCn1ncc(Cl)c1C(C)(C)CC(C)=O. The maximum absolute atomic E-state index is 11.2. The average molecular weight is 229 g/mol.